The molecule has 1 aliphatic heterocycles. The summed E-state index contributed by atoms with van der Waals surface area (Å²) in [7, 11) is 3.04. The Morgan fingerprint density at radius 2 is 1.86 bits per heavy atom. The van der Waals surface area contributed by atoms with Crippen molar-refractivity contribution in [3.63, 3.8) is 0 Å². The van der Waals surface area contributed by atoms with Crippen molar-refractivity contribution < 1.29 is 14.3 Å². The summed E-state index contributed by atoms with van der Waals surface area (Å²) >= 11 is 0. The molecule has 0 spiro atoms. The zero-order valence-electron chi connectivity index (χ0n) is 15.8. The van der Waals surface area contributed by atoms with Crippen LogP contribution in [0.1, 0.15) is 18.4 Å². The van der Waals surface area contributed by atoms with E-state index in [0.29, 0.717) is 28.7 Å². The Kier molecular flexibility index (Phi) is 6.07. The molecule has 1 amide bonds. The Morgan fingerprint density at radius 3 is 2.46 bits per heavy atom. The summed E-state index contributed by atoms with van der Waals surface area (Å²) in [6.45, 7) is 1.90. The smallest absolute Gasteiger partial charge is 0.266 e. The van der Waals surface area contributed by atoms with Gasteiger partial charge in [-0.3, -0.25) is 4.79 Å². The highest BCUT2D eigenvalue weighted by atomic mass is 16.5. The van der Waals surface area contributed by atoms with E-state index in [4.69, 9.17) is 9.47 Å². The molecule has 144 valence electrons. The van der Waals surface area contributed by atoms with Crippen LogP contribution in [0.5, 0.6) is 11.5 Å². The molecule has 1 fully saturated rings. The number of rotatable bonds is 6. The van der Waals surface area contributed by atoms with Crippen molar-refractivity contribution in [1.29, 1.82) is 5.26 Å². The van der Waals surface area contributed by atoms with Crippen LogP contribution < -0.4 is 19.7 Å². The molecule has 1 N–H and O–H groups in total. The largest absolute Gasteiger partial charge is 0.493 e. The Hall–Kier alpha value is -3.60. The van der Waals surface area contributed by atoms with E-state index in [1.54, 1.807) is 30.6 Å². The quantitative estimate of drug-likeness (QED) is 0.608. The molecule has 0 radical (unpaired) electrons. The average Bonchev–Trinajstić information content (AvgIpc) is 3.27. The van der Waals surface area contributed by atoms with Gasteiger partial charge in [0.15, 0.2) is 11.5 Å². The van der Waals surface area contributed by atoms with Gasteiger partial charge in [-0.25, -0.2) is 9.97 Å². The number of nitrogens with zero attached hydrogens (tertiary/aromatic N) is 4. The van der Waals surface area contributed by atoms with E-state index in [1.807, 2.05) is 6.07 Å². The van der Waals surface area contributed by atoms with Crippen molar-refractivity contribution in [2.45, 2.75) is 12.8 Å². The van der Waals surface area contributed by atoms with E-state index in [0.717, 1.165) is 25.9 Å². The van der Waals surface area contributed by atoms with Crippen molar-refractivity contribution in [1.82, 2.24) is 9.97 Å². The van der Waals surface area contributed by atoms with Crippen LogP contribution >= 0.6 is 0 Å². The fourth-order valence-electron chi connectivity index (χ4n) is 2.91. The number of nitrogens with one attached hydrogen (secondary N) is 1. The third kappa shape index (κ3) is 4.38. The standard InChI is InChI=1S/C20H21N5O3/c1-27-17-6-5-16(10-18(17)28-2)24-19(26)15(11-21)9-14-12-22-20(23-13-14)25-7-3-4-8-25/h5-6,9-10,12-13H,3-4,7-8H2,1-2H3,(H,24,26)/b15-9+. The molecule has 1 aliphatic rings. The van der Waals surface area contributed by atoms with Crippen molar-refractivity contribution in [3.05, 3.63) is 41.7 Å². The van der Waals surface area contributed by atoms with Crippen molar-refractivity contribution in [2.75, 3.05) is 37.5 Å². The number of hydrogen-bond donors (Lipinski definition) is 1. The van der Waals surface area contributed by atoms with Crippen LogP contribution in [-0.4, -0.2) is 43.2 Å². The maximum absolute atomic E-state index is 12.5. The fraction of sp³-hybridized carbons (Fsp3) is 0.300. The van der Waals surface area contributed by atoms with Crippen molar-refractivity contribution in [2.24, 2.45) is 0 Å². The molecular weight excluding hydrogens is 358 g/mol. The number of anilines is 2. The third-order valence-electron chi connectivity index (χ3n) is 4.36. The highest BCUT2D eigenvalue weighted by Gasteiger charge is 2.15. The third-order valence-corrected chi connectivity index (χ3v) is 4.36. The van der Waals surface area contributed by atoms with Gasteiger partial charge in [0.25, 0.3) is 5.91 Å². The number of nitriles is 1. The highest BCUT2D eigenvalue weighted by molar-refractivity contribution is 6.09. The SMILES string of the molecule is COc1ccc(NC(=O)/C(C#N)=C/c2cnc(N3CCCC3)nc2)cc1OC. The number of hydrogen-bond acceptors (Lipinski definition) is 7. The normalized spacial score (nSPS) is 13.8. The maximum Gasteiger partial charge on any atom is 0.266 e. The van der Waals surface area contributed by atoms with Crippen LogP contribution in [-0.2, 0) is 4.79 Å². The molecule has 1 aromatic carbocycles. The zero-order chi connectivity index (χ0) is 19.9. The summed E-state index contributed by atoms with van der Waals surface area (Å²) in [5.74, 6) is 1.17. The van der Waals surface area contributed by atoms with Crippen molar-refractivity contribution in [3.8, 4) is 17.6 Å². The van der Waals surface area contributed by atoms with Gasteiger partial charge in [0.2, 0.25) is 5.95 Å². The number of methoxy groups -OCH3 is 2. The molecule has 0 bridgehead atoms. The molecule has 0 unspecified atom stereocenters. The molecule has 8 nitrogen and oxygen atoms in total. The second-order valence-electron chi connectivity index (χ2n) is 6.20. The topological polar surface area (TPSA) is 100 Å². The number of carbonyl (C=O) groups is 1. The summed E-state index contributed by atoms with van der Waals surface area (Å²) in [5, 5.41) is 12.1. The van der Waals surface area contributed by atoms with Gasteiger partial charge in [-0.05, 0) is 31.1 Å². The lowest BCUT2D eigenvalue weighted by molar-refractivity contribution is -0.112. The van der Waals surface area contributed by atoms with Crippen LogP contribution in [0.2, 0.25) is 0 Å². The summed E-state index contributed by atoms with van der Waals surface area (Å²) in [4.78, 5) is 23.2. The lowest BCUT2D eigenvalue weighted by Crippen LogP contribution is -2.20. The van der Waals surface area contributed by atoms with Gasteiger partial charge >= 0.3 is 0 Å². The molecule has 0 atom stereocenters. The molecule has 28 heavy (non-hydrogen) atoms. The minimum Gasteiger partial charge on any atom is -0.493 e. The predicted molar refractivity (Wildman–Crippen MR) is 105 cm³/mol. The van der Waals surface area contributed by atoms with Gasteiger partial charge in [0.1, 0.15) is 11.6 Å². The second-order valence-corrected chi connectivity index (χ2v) is 6.20. The van der Waals surface area contributed by atoms with Gasteiger partial charge in [-0.2, -0.15) is 5.26 Å². The Morgan fingerprint density at radius 1 is 1.18 bits per heavy atom. The van der Waals surface area contributed by atoms with E-state index in [9.17, 15) is 10.1 Å². The molecular formula is C20H21N5O3. The van der Waals surface area contributed by atoms with Crippen molar-refractivity contribution >= 4 is 23.6 Å². The van der Waals surface area contributed by atoms with E-state index in [1.165, 1.54) is 20.3 Å². The van der Waals surface area contributed by atoms with Crippen LogP contribution in [0.3, 0.4) is 0 Å². The van der Waals surface area contributed by atoms with Gasteiger partial charge in [-0.1, -0.05) is 0 Å². The monoisotopic (exact) mass is 379 g/mol. The average molecular weight is 379 g/mol. The lowest BCUT2D eigenvalue weighted by atomic mass is 10.2. The summed E-state index contributed by atoms with van der Waals surface area (Å²) < 4.78 is 10.4. The molecule has 0 saturated carbocycles. The Labute approximate surface area is 163 Å². The first-order valence-corrected chi connectivity index (χ1v) is 8.86. The maximum atomic E-state index is 12.5. The lowest BCUT2D eigenvalue weighted by Gasteiger charge is -2.14. The first-order chi connectivity index (χ1) is 13.6. The molecule has 1 saturated heterocycles. The zero-order valence-corrected chi connectivity index (χ0v) is 15.8. The predicted octanol–water partition coefficient (Wildman–Crippen LogP) is 2.64. The number of aromatic nitrogens is 2. The Bertz CT molecular complexity index is 912. The van der Waals surface area contributed by atoms with E-state index < -0.39 is 5.91 Å². The van der Waals surface area contributed by atoms with Gasteiger partial charge in [0.05, 0.1) is 14.2 Å². The van der Waals surface area contributed by atoms with Crippen LogP contribution in [0, 0.1) is 11.3 Å². The van der Waals surface area contributed by atoms with E-state index >= 15 is 0 Å². The highest BCUT2D eigenvalue weighted by Crippen LogP contribution is 2.29. The molecule has 2 heterocycles. The van der Waals surface area contributed by atoms with Gasteiger partial charge in [-0.15, -0.1) is 0 Å². The number of benzene rings is 1. The van der Waals surface area contributed by atoms with Gasteiger partial charge in [0, 0.05) is 42.8 Å². The number of ether oxygens (including phenoxy) is 2. The van der Waals surface area contributed by atoms with E-state index in [-0.39, 0.29) is 5.57 Å². The minimum atomic E-state index is -0.529. The van der Waals surface area contributed by atoms with E-state index in [2.05, 4.69) is 20.2 Å². The molecule has 0 aliphatic carbocycles. The molecule has 3 rings (SSSR count). The van der Waals surface area contributed by atoms with Gasteiger partial charge < -0.3 is 19.7 Å². The first-order valence-electron chi connectivity index (χ1n) is 8.86. The van der Waals surface area contributed by atoms with Crippen LogP contribution in [0.4, 0.5) is 11.6 Å². The molecule has 2 aromatic rings. The van der Waals surface area contributed by atoms with Crippen LogP contribution in [0.15, 0.2) is 36.2 Å². The summed E-state index contributed by atoms with van der Waals surface area (Å²) in [6, 6.07) is 6.89. The van der Waals surface area contributed by atoms with Crippen LogP contribution in [0.25, 0.3) is 6.08 Å². The second kappa shape index (κ2) is 8.86. The summed E-state index contributed by atoms with van der Waals surface area (Å²) in [6.07, 6.45) is 6.97. The fourth-order valence-corrected chi connectivity index (χ4v) is 2.91. The first kappa shape index (κ1) is 19.2. The Balaban J connectivity index is 1.73. The minimum absolute atomic E-state index is 0.0488. The molecule has 8 heteroatoms. The number of amides is 1. The number of carbonyl (C=O) groups excluding carboxylic acids is 1. The summed E-state index contributed by atoms with van der Waals surface area (Å²) in [5.41, 5.74) is 1.03. The molecule has 1 aromatic heterocycles.